The predicted molar refractivity (Wildman–Crippen MR) is 75.7 cm³/mol. The van der Waals surface area contributed by atoms with E-state index < -0.39 is 0 Å². The normalized spacial score (nSPS) is 18.4. The van der Waals surface area contributed by atoms with Crippen LogP contribution < -0.4 is 0 Å². The average Bonchev–Trinajstić information content (AvgIpc) is 3.12. The van der Waals surface area contributed by atoms with E-state index in [9.17, 15) is 4.79 Å². The monoisotopic (exact) mass is 290 g/mol. The second-order valence-corrected chi connectivity index (χ2v) is 5.55. The molecule has 0 radical (unpaired) electrons. The Morgan fingerprint density at radius 2 is 2.15 bits per heavy atom. The Labute approximate surface area is 122 Å². The van der Waals surface area contributed by atoms with Crippen LogP contribution in [0.15, 0.2) is 41.1 Å². The third-order valence-electron chi connectivity index (χ3n) is 3.66. The third-order valence-corrected chi connectivity index (χ3v) is 3.91. The van der Waals surface area contributed by atoms with Gasteiger partial charge in [0.1, 0.15) is 0 Å². The van der Waals surface area contributed by atoms with Crippen molar-refractivity contribution in [3.8, 4) is 0 Å². The Morgan fingerprint density at radius 1 is 1.35 bits per heavy atom. The number of aromatic nitrogens is 1. The summed E-state index contributed by atoms with van der Waals surface area (Å²) in [5.41, 5.74) is 1.26. The van der Waals surface area contributed by atoms with Crippen LogP contribution in [-0.4, -0.2) is 29.1 Å². The summed E-state index contributed by atoms with van der Waals surface area (Å²) in [6, 6.07) is 9.51. The molecule has 0 spiro atoms. The Kier molecular flexibility index (Phi) is 3.74. The van der Waals surface area contributed by atoms with Gasteiger partial charge in [-0.25, -0.2) is 0 Å². The summed E-state index contributed by atoms with van der Waals surface area (Å²) in [6.07, 6.45) is 3.48. The number of carbonyl (C=O) groups excluding carboxylic acids is 1. The number of amides is 1. The third kappa shape index (κ3) is 2.85. The summed E-state index contributed by atoms with van der Waals surface area (Å²) in [4.78, 5) is 14.0. The molecule has 1 atom stereocenters. The van der Waals surface area contributed by atoms with Gasteiger partial charge < -0.3 is 9.42 Å². The fourth-order valence-electron chi connectivity index (χ4n) is 2.62. The van der Waals surface area contributed by atoms with Gasteiger partial charge in [0.25, 0.3) is 5.91 Å². The molecule has 3 rings (SSSR count). The predicted octanol–water partition coefficient (Wildman–Crippen LogP) is 3.03. The summed E-state index contributed by atoms with van der Waals surface area (Å²) in [5, 5.41) is 4.33. The molecule has 104 valence electrons. The Bertz CT molecular complexity index is 580. The molecule has 0 N–H and O–H groups in total. The summed E-state index contributed by atoms with van der Waals surface area (Å²) in [7, 11) is 0. The van der Waals surface area contributed by atoms with E-state index in [2.05, 4.69) is 5.16 Å². The van der Waals surface area contributed by atoms with Gasteiger partial charge in [-0.3, -0.25) is 4.79 Å². The van der Waals surface area contributed by atoms with Gasteiger partial charge in [0.15, 0.2) is 0 Å². The van der Waals surface area contributed by atoms with Crippen LogP contribution in [0.3, 0.4) is 0 Å². The van der Waals surface area contributed by atoms with Gasteiger partial charge in [0, 0.05) is 24.2 Å². The molecule has 5 heteroatoms. The van der Waals surface area contributed by atoms with Crippen molar-refractivity contribution in [1.82, 2.24) is 10.1 Å². The summed E-state index contributed by atoms with van der Waals surface area (Å²) in [5.74, 6) is 0.737. The highest BCUT2D eigenvalue weighted by atomic mass is 35.5. The number of likely N-dealkylation sites (tertiary alicyclic amines) is 1. The maximum atomic E-state index is 12.1. The number of nitrogens with zero attached hydrogens (tertiary/aromatic N) is 2. The van der Waals surface area contributed by atoms with Gasteiger partial charge in [-0.05, 0) is 36.5 Å². The zero-order chi connectivity index (χ0) is 13.9. The van der Waals surface area contributed by atoms with Crippen LogP contribution in [0.25, 0.3) is 0 Å². The minimum atomic E-state index is -0.0684. The summed E-state index contributed by atoms with van der Waals surface area (Å²) < 4.78 is 4.92. The highest BCUT2D eigenvalue weighted by Gasteiger charge is 2.28. The molecule has 2 heterocycles. The molecule has 1 aromatic heterocycles. The molecule has 1 aliphatic rings. The van der Waals surface area contributed by atoms with E-state index in [1.807, 2.05) is 29.2 Å². The van der Waals surface area contributed by atoms with E-state index in [0.717, 1.165) is 31.0 Å². The average molecular weight is 291 g/mol. The minimum Gasteiger partial charge on any atom is -0.351 e. The Balaban J connectivity index is 1.59. The van der Waals surface area contributed by atoms with E-state index in [1.165, 1.54) is 11.8 Å². The first-order valence-corrected chi connectivity index (χ1v) is 7.04. The highest BCUT2D eigenvalue weighted by Crippen LogP contribution is 2.23. The topological polar surface area (TPSA) is 46.3 Å². The van der Waals surface area contributed by atoms with Gasteiger partial charge in [-0.1, -0.05) is 28.9 Å². The maximum absolute atomic E-state index is 12.1. The maximum Gasteiger partial charge on any atom is 0.292 e. The second kappa shape index (κ2) is 5.67. The number of hydrogen-bond acceptors (Lipinski definition) is 3. The molecule has 0 bridgehead atoms. The van der Waals surface area contributed by atoms with Crippen molar-refractivity contribution in [3.63, 3.8) is 0 Å². The van der Waals surface area contributed by atoms with E-state index in [-0.39, 0.29) is 5.91 Å². The first-order valence-electron chi connectivity index (χ1n) is 6.67. The van der Waals surface area contributed by atoms with Crippen LogP contribution in [0, 0.1) is 5.92 Å². The number of hydrogen-bond donors (Lipinski definition) is 0. The van der Waals surface area contributed by atoms with Crippen molar-refractivity contribution in [2.75, 3.05) is 13.1 Å². The van der Waals surface area contributed by atoms with Gasteiger partial charge in [0.05, 0.1) is 6.20 Å². The number of benzene rings is 1. The van der Waals surface area contributed by atoms with Crippen molar-refractivity contribution in [1.29, 1.82) is 0 Å². The Hall–Kier alpha value is -1.81. The molecule has 1 unspecified atom stereocenters. The smallest absolute Gasteiger partial charge is 0.292 e. The molecular weight excluding hydrogens is 276 g/mol. The SMILES string of the molecule is O=C(c1ccno1)N1CCC(Cc2ccc(Cl)cc2)C1. The van der Waals surface area contributed by atoms with Gasteiger partial charge >= 0.3 is 0 Å². The van der Waals surface area contributed by atoms with E-state index in [1.54, 1.807) is 6.07 Å². The lowest BCUT2D eigenvalue weighted by atomic mass is 9.99. The fourth-order valence-corrected chi connectivity index (χ4v) is 2.75. The molecule has 0 aliphatic carbocycles. The number of rotatable bonds is 3. The zero-order valence-corrected chi connectivity index (χ0v) is 11.7. The van der Waals surface area contributed by atoms with Crippen molar-refractivity contribution in [2.24, 2.45) is 5.92 Å². The lowest BCUT2D eigenvalue weighted by Crippen LogP contribution is -2.28. The summed E-state index contributed by atoms with van der Waals surface area (Å²) >= 11 is 5.88. The molecular formula is C15H15ClN2O2. The first-order chi connectivity index (χ1) is 9.72. The van der Waals surface area contributed by atoms with Crippen LogP contribution in [0.5, 0.6) is 0 Å². The van der Waals surface area contributed by atoms with Gasteiger partial charge in [-0.2, -0.15) is 0 Å². The van der Waals surface area contributed by atoms with Crippen LogP contribution >= 0.6 is 11.6 Å². The molecule has 1 fully saturated rings. The molecule has 4 nitrogen and oxygen atoms in total. The van der Waals surface area contributed by atoms with Gasteiger partial charge in [-0.15, -0.1) is 0 Å². The van der Waals surface area contributed by atoms with Crippen molar-refractivity contribution in [2.45, 2.75) is 12.8 Å². The molecule has 1 amide bonds. The number of halogens is 1. The minimum absolute atomic E-state index is 0.0684. The van der Waals surface area contributed by atoms with Crippen LogP contribution in [0.1, 0.15) is 22.5 Å². The van der Waals surface area contributed by atoms with Crippen molar-refractivity contribution < 1.29 is 9.32 Å². The fraction of sp³-hybridized carbons (Fsp3) is 0.333. The highest BCUT2D eigenvalue weighted by molar-refractivity contribution is 6.30. The molecule has 1 aromatic carbocycles. The molecule has 20 heavy (non-hydrogen) atoms. The van der Waals surface area contributed by atoms with E-state index in [4.69, 9.17) is 16.1 Å². The van der Waals surface area contributed by atoms with Crippen LogP contribution in [0.2, 0.25) is 5.02 Å². The standard InChI is InChI=1S/C15H15ClN2O2/c16-13-3-1-11(2-4-13)9-12-6-8-18(10-12)15(19)14-5-7-17-20-14/h1-5,7,12H,6,8-10H2. The molecule has 1 aliphatic heterocycles. The van der Waals surface area contributed by atoms with Crippen LogP contribution in [0.4, 0.5) is 0 Å². The van der Waals surface area contributed by atoms with E-state index >= 15 is 0 Å². The zero-order valence-electron chi connectivity index (χ0n) is 11.0. The molecule has 0 saturated carbocycles. The molecule has 2 aromatic rings. The van der Waals surface area contributed by atoms with Gasteiger partial charge in [0.2, 0.25) is 5.76 Å². The molecule has 1 saturated heterocycles. The second-order valence-electron chi connectivity index (χ2n) is 5.11. The summed E-state index contributed by atoms with van der Waals surface area (Å²) in [6.45, 7) is 1.54. The number of carbonyl (C=O) groups is 1. The first kappa shape index (κ1) is 13.2. The van der Waals surface area contributed by atoms with Crippen LogP contribution in [-0.2, 0) is 6.42 Å². The van der Waals surface area contributed by atoms with Crippen molar-refractivity contribution in [3.05, 3.63) is 52.9 Å². The largest absolute Gasteiger partial charge is 0.351 e. The Morgan fingerprint density at radius 3 is 2.85 bits per heavy atom. The van der Waals surface area contributed by atoms with Crippen molar-refractivity contribution >= 4 is 17.5 Å². The quantitative estimate of drug-likeness (QED) is 0.873. The van der Waals surface area contributed by atoms with E-state index in [0.29, 0.717) is 11.7 Å². The lowest BCUT2D eigenvalue weighted by molar-refractivity contribution is 0.0745. The lowest BCUT2D eigenvalue weighted by Gasteiger charge is -2.14.